The molecule has 10 heteroatoms. The van der Waals surface area contributed by atoms with Crippen molar-refractivity contribution in [3.05, 3.63) is 71.9 Å². The molecule has 1 fully saturated rings. The van der Waals surface area contributed by atoms with E-state index in [-0.39, 0.29) is 22.4 Å². The van der Waals surface area contributed by atoms with Gasteiger partial charge in [-0.2, -0.15) is 0 Å². The first-order valence-corrected chi connectivity index (χ1v) is 13.3. The molecule has 1 atom stereocenters. The number of aromatic carboxylic acids is 1. The van der Waals surface area contributed by atoms with Gasteiger partial charge in [0.1, 0.15) is 17.3 Å². The second-order valence-electron chi connectivity index (χ2n) is 8.74. The lowest BCUT2D eigenvalue weighted by Gasteiger charge is -2.24. The molecule has 1 saturated heterocycles. The van der Waals surface area contributed by atoms with E-state index in [2.05, 4.69) is 10.3 Å². The van der Waals surface area contributed by atoms with Crippen LogP contribution in [0.3, 0.4) is 0 Å². The Bertz CT molecular complexity index is 1370. The lowest BCUT2D eigenvalue weighted by Crippen LogP contribution is -2.35. The van der Waals surface area contributed by atoms with E-state index in [1.165, 1.54) is 24.4 Å². The lowest BCUT2D eigenvalue weighted by molar-refractivity contribution is -0.129. The van der Waals surface area contributed by atoms with Crippen molar-refractivity contribution in [2.45, 2.75) is 37.1 Å². The fraction of sp³-hybridized carbons (Fsp3) is 0.269. The van der Waals surface area contributed by atoms with Gasteiger partial charge in [-0.05, 0) is 79.4 Å². The summed E-state index contributed by atoms with van der Waals surface area (Å²) in [7, 11) is -3.31. The van der Waals surface area contributed by atoms with Crippen LogP contribution in [0.4, 0.5) is 11.5 Å². The Kier molecular flexibility index (Phi) is 7.25. The molecule has 4 rings (SSSR count). The Morgan fingerprint density at radius 2 is 1.89 bits per heavy atom. The van der Waals surface area contributed by atoms with Crippen LogP contribution in [0.15, 0.2) is 65.7 Å². The minimum absolute atomic E-state index is 0.0355. The van der Waals surface area contributed by atoms with Crippen molar-refractivity contribution in [1.29, 1.82) is 0 Å². The second kappa shape index (κ2) is 10.4. The Hall–Kier alpha value is -3.92. The zero-order valence-corrected chi connectivity index (χ0v) is 20.8. The summed E-state index contributed by atoms with van der Waals surface area (Å²) in [6, 6.07) is 14.9. The number of amides is 1. The van der Waals surface area contributed by atoms with E-state index in [0.29, 0.717) is 23.7 Å². The molecule has 2 aromatic carbocycles. The number of ether oxygens (including phenoxy) is 1. The van der Waals surface area contributed by atoms with Gasteiger partial charge in [-0.3, -0.25) is 4.79 Å². The normalized spacial score (nSPS) is 15.5. The lowest BCUT2D eigenvalue weighted by atomic mass is 10.0. The van der Waals surface area contributed by atoms with Crippen LogP contribution in [0.2, 0.25) is 0 Å². The van der Waals surface area contributed by atoms with Gasteiger partial charge >= 0.3 is 5.97 Å². The number of benzene rings is 2. The first kappa shape index (κ1) is 25.2. The van der Waals surface area contributed by atoms with Crippen LogP contribution in [-0.2, 0) is 21.1 Å². The van der Waals surface area contributed by atoms with Crippen LogP contribution in [-0.4, -0.2) is 54.1 Å². The van der Waals surface area contributed by atoms with Gasteiger partial charge in [0.15, 0.2) is 9.84 Å². The summed E-state index contributed by atoms with van der Waals surface area (Å²) >= 11 is 0. The molecule has 188 valence electrons. The van der Waals surface area contributed by atoms with Crippen LogP contribution in [0.5, 0.6) is 11.5 Å². The average Bonchev–Trinajstić information content (AvgIpc) is 3.29. The molecule has 1 aliphatic heterocycles. The van der Waals surface area contributed by atoms with Crippen molar-refractivity contribution in [3.63, 3.8) is 0 Å². The van der Waals surface area contributed by atoms with Gasteiger partial charge in [0.25, 0.3) is 0 Å². The number of anilines is 2. The summed E-state index contributed by atoms with van der Waals surface area (Å²) < 4.78 is 29.6. The number of sulfone groups is 1. The van der Waals surface area contributed by atoms with Crippen LogP contribution >= 0.6 is 0 Å². The van der Waals surface area contributed by atoms with Gasteiger partial charge in [-0.25, -0.2) is 18.2 Å². The largest absolute Gasteiger partial charge is 0.478 e. The van der Waals surface area contributed by atoms with Gasteiger partial charge in [0.2, 0.25) is 5.91 Å². The van der Waals surface area contributed by atoms with Crippen molar-refractivity contribution >= 4 is 33.2 Å². The first-order valence-electron chi connectivity index (χ1n) is 11.4. The number of hydrogen-bond donors (Lipinski definition) is 2. The molecular formula is C26H27N3O6S. The Balaban J connectivity index is 1.61. The van der Waals surface area contributed by atoms with Crippen LogP contribution in [0, 0.1) is 0 Å². The van der Waals surface area contributed by atoms with E-state index in [9.17, 15) is 18.0 Å². The number of carbonyl (C=O) groups is 2. The maximum atomic E-state index is 12.1. The van der Waals surface area contributed by atoms with Gasteiger partial charge in [0.05, 0.1) is 10.5 Å². The quantitative estimate of drug-likeness (QED) is 0.461. The molecule has 2 heterocycles. The molecule has 1 unspecified atom stereocenters. The van der Waals surface area contributed by atoms with E-state index < -0.39 is 15.8 Å². The number of carboxylic acids is 1. The third kappa shape index (κ3) is 6.01. The van der Waals surface area contributed by atoms with E-state index in [1.54, 1.807) is 31.2 Å². The number of hydrogen-bond acceptors (Lipinski definition) is 7. The van der Waals surface area contributed by atoms with E-state index in [1.807, 2.05) is 17.0 Å². The van der Waals surface area contributed by atoms with Crippen molar-refractivity contribution in [2.24, 2.45) is 0 Å². The molecule has 0 spiro atoms. The minimum atomic E-state index is -3.31. The van der Waals surface area contributed by atoms with Crippen molar-refractivity contribution < 1.29 is 27.9 Å². The molecular weight excluding hydrogens is 482 g/mol. The first-order chi connectivity index (χ1) is 17.1. The zero-order valence-electron chi connectivity index (χ0n) is 20.0. The second-order valence-corrected chi connectivity index (χ2v) is 10.8. The fourth-order valence-electron chi connectivity index (χ4n) is 4.26. The van der Waals surface area contributed by atoms with E-state index in [0.717, 1.165) is 36.9 Å². The van der Waals surface area contributed by atoms with E-state index >= 15 is 0 Å². The predicted octanol–water partition coefficient (Wildman–Crippen LogP) is 4.27. The van der Waals surface area contributed by atoms with Crippen molar-refractivity contribution in [2.75, 3.05) is 18.1 Å². The number of nitrogens with one attached hydrogen (secondary N) is 1. The molecule has 1 amide bonds. The SMILES string of the molecule is CC(=O)N1CCCC1Cc1cc(Nc2ccc(C(=O)O)cn2)ccc1Oc1ccc(S(C)(=O)=O)cc1. The third-order valence-corrected chi connectivity index (χ3v) is 7.19. The Morgan fingerprint density at radius 1 is 1.14 bits per heavy atom. The number of carbonyl (C=O) groups excluding carboxylic acids is 1. The number of likely N-dealkylation sites (tertiary alicyclic amines) is 1. The summed E-state index contributed by atoms with van der Waals surface area (Å²) in [6.07, 6.45) is 4.84. The smallest absolute Gasteiger partial charge is 0.337 e. The molecule has 2 N–H and O–H groups in total. The molecule has 0 radical (unpaired) electrons. The van der Waals surface area contributed by atoms with Crippen LogP contribution in [0.25, 0.3) is 0 Å². The summed E-state index contributed by atoms with van der Waals surface area (Å²) in [4.78, 5) is 29.4. The number of carboxylic acid groups (broad SMARTS) is 1. The summed E-state index contributed by atoms with van der Waals surface area (Å²) in [5.74, 6) is 0.562. The number of aromatic nitrogens is 1. The Morgan fingerprint density at radius 3 is 2.50 bits per heavy atom. The fourth-order valence-corrected chi connectivity index (χ4v) is 4.89. The van der Waals surface area contributed by atoms with Crippen molar-refractivity contribution in [3.8, 4) is 11.5 Å². The number of rotatable bonds is 8. The van der Waals surface area contributed by atoms with Gasteiger partial charge in [-0.1, -0.05) is 0 Å². The van der Waals surface area contributed by atoms with Crippen molar-refractivity contribution in [1.82, 2.24) is 9.88 Å². The predicted molar refractivity (Wildman–Crippen MR) is 135 cm³/mol. The topological polar surface area (TPSA) is 126 Å². The molecule has 0 aliphatic carbocycles. The minimum Gasteiger partial charge on any atom is -0.478 e. The van der Waals surface area contributed by atoms with Gasteiger partial charge in [-0.15, -0.1) is 0 Å². The van der Waals surface area contributed by atoms with E-state index in [4.69, 9.17) is 9.84 Å². The third-order valence-electron chi connectivity index (χ3n) is 6.06. The molecule has 3 aromatic rings. The standard InChI is InChI=1S/C26H27N3O6S/c1-17(30)29-13-3-4-21(29)15-19-14-20(28-25-12-5-18(16-27-25)26(31)32)6-11-24(19)35-22-7-9-23(10-8-22)36(2,33)34/h5-12,14,16,21H,3-4,13,15H2,1-2H3,(H,27,28)(H,31,32). The summed E-state index contributed by atoms with van der Waals surface area (Å²) in [5.41, 5.74) is 1.69. The summed E-state index contributed by atoms with van der Waals surface area (Å²) in [6.45, 7) is 2.30. The highest BCUT2D eigenvalue weighted by Crippen LogP contribution is 2.33. The number of pyridine rings is 1. The monoisotopic (exact) mass is 509 g/mol. The molecule has 0 bridgehead atoms. The maximum Gasteiger partial charge on any atom is 0.337 e. The maximum absolute atomic E-state index is 12.1. The van der Waals surface area contributed by atoms with Crippen LogP contribution in [0.1, 0.15) is 35.7 Å². The zero-order chi connectivity index (χ0) is 25.9. The highest BCUT2D eigenvalue weighted by Gasteiger charge is 2.27. The van der Waals surface area contributed by atoms with Gasteiger partial charge < -0.3 is 20.1 Å². The molecule has 0 saturated carbocycles. The van der Waals surface area contributed by atoms with Gasteiger partial charge in [0, 0.05) is 37.7 Å². The summed E-state index contributed by atoms with van der Waals surface area (Å²) in [5, 5.41) is 12.3. The highest BCUT2D eigenvalue weighted by atomic mass is 32.2. The molecule has 36 heavy (non-hydrogen) atoms. The molecule has 9 nitrogen and oxygen atoms in total. The molecule has 1 aromatic heterocycles. The highest BCUT2D eigenvalue weighted by molar-refractivity contribution is 7.90. The number of nitrogens with zero attached hydrogens (tertiary/aromatic N) is 2. The average molecular weight is 510 g/mol. The Labute approximate surface area is 209 Å². The van der Waals surface area contributed by atoms with Crippen LogP contribution < -0.4 is 10.1 Å². The molecule has 1 aliphatic rings.